The zero-order valence-electron chi connectivity index (χ0n) is 8.35. The van der Waals surface area contributed by atoms with Crippen LogP contribution in [0.3, 0.4) is 0 Å². The monoisotopic (exact) mass is 395 g/mol. The maximum Gasteiger partial charge on any atom is 0.263 e. The van der Waals surface area contributed by atoms with Gasteiger partial charge in [-0.3, -0.25) is 4.72 Å². The fraction of sp³-hybridized carbons (Fsp3) is 0. The number of anilines is 1. The second-order valence-electron chi connectivity index (χ2n) is 3.16. The molecule has 1 N–H and O–H groups in total. The molecule has 0 bridgehead atoms. The minimum atomic E-state index is -3.54. The second-order valence-corrected chi connectivity index (χ2v) is 8.56. The van der Waals surface area contributed by atoms with Crippen LogP contribution in [0, 0.1) is 0 Å². The quantitative estimate of drug-likeness (QED) is 0.849. The first-order chi connectivity index (χ1) is 7.99. The Kier molecular flexibility index (Phi) is 3.92. The molecule has 0 unspecified atom stereocenters. The summed E-state index contributed by atoms with van der Waals surface area (Å²) >= 11 is 7.81. The summed E-state index contributed by atoms with van der Waals surface area (Å²) in [6, 6.07) is 10.3. The molecule has 1 heterocycles. The van der Waals surface area contributed by atoms with Crippen LogP contribution < -0.4 is 4.72 Å². The molecule has 0 atom stereocenters. The van der Waals surface area contributed by atoms with Crippen LogP contribution in [0.25, 0.3) is 0 Å². The molecule has 0 radical (unpaired) electrons. The Morgan fingerprint density at radius 1 is 1.12 bits per heavy atom. The summed E-state index contributed by atoms with van der Waals surface area (Å²) < 4.78 is 28.0. The molecule has 0 spiro atoms. The van der Waals surface area contributed by atoms with E-state index in [1.807, 2.05) is 6.07 Å². The van der Waals surface area contributed by atoms with Crippen molar-refractivity contribution in [1.29, 1.82) is 0 Å². The number of sulfonamides is 1. The van der Waals surface area contributed by atoms with Crippen LogP contribution in [0.15, 0.2) is 48.9 Å². The van der Waals surface area contributed by atoms with E-state index in [1.54, 1.807) is 30.3 Å². The summed E-state index contributed by atoms with van der Waals surface area (Å²) in [5.74, 6) is 0. The lowest BCUT2D eigenvalue weighted by Crippen LogP contribution is -2.12. The van der Waals surface area contributed by atoms with Crippen LogP contribution in [-0.2, 0) is 10.0 Å². The normalized spacial score (nSPS) is 11.4. The Balaban J connectivity index is 2.35. The first-order valence-corrected chi connectivity index (χ1v) is 8.40. The second kappa shape index (κ2) is 5.09. The molecule has 0 aliphatic heterocycles. The number of nitrogens with one attached hydrogen (secondary N) is 1. The zero-order chi connectivity index (χ0) is 12.5. The van der Waals surface area contributed by atoms with Crippen molar-refractivity contribution in [3.8, 4) is 0 Å². The number of hydrogen-bond acceptors (Lipinski definition) is 3. The standard InChI is InChI=1S/C10H7Br2NO2S2/c11-9-6-8(10(12)16-9)17(14,15)13-7-4-2-1-3-5-7/h1-6,13H. The van der Waals surface area contributed by atoms with Gasteiger partial charge in [-0.25, -0.2) is 8.42 Å². The summed E-state index contributed by atoms with van der Waals surface area (Å²) in [6.07, 6.45) is 0. The smallest absolute Gasteiger partial charge is 0.263 e. The van der Waals surface area contributed by atoms with Crippen molar-refractivity contribution in [1.82, 2.24) is 0 Å². The first kappa shape index (κ1) is 13.1. The van der Waals surface area contributed by atoms with Gasteiger partial charge in [0.2, 0.25) is 0 Å². The van der Waals surface area contributed by atoms with Crippen molar-refractivity contribution in [2.45, 2.75) is 4.90 Å². The highest BCUT2D eigenvalue weighted by molar-refractivity contribution is 9.12. The van der Waals surface area contributed by atoms with E-state index in [4.69, 9.17) is 0 Å². The highest BCUT2D eigenvalue weighted by Crippen LogP contribution is 2.35. The third kappa shape index (κ3) is 3.09. The average molecular weight is 397 g/mol. The van der Waals surface area contributed by atoms with E-state index < -0.39 is 10.0 Å². The van der Waals surface area contributed by atoms with E-state index in [1.165, 1.54) is 11.3 Å². The van der Waals surface area contributed by atoms with E-state index in [0.717, 1.165) is 3.79 Å². The molecule has 3 nitrogen and oxygen atoms in total. The zero-order valence-corrected chi connectivity index (χ0v) is 13.2. The fourth-order valence-corrected chi connectivity index (χ4v) is 6.10. The predicted molar refractivity (Wildman–Crippen MR) is 77.0 cm³/mol. The van der Waals surface area contributed by atoms with Crippen molar-refractivity contribution in [2.75, 3.05) is 4.72 Å². The summed E-state index contributed by atoms with van der Waals surface area (Å²) in [6.45, 7) is 0. The van der Waals surface area contributed by atoms with Gasteiger partial charge in [0.25, 0.3) is 10.0 Å². The van der Waals surface area contributed by atoms with Crippen molar-refractivity contribution in [3.63, 3.8) is 0 Å². The van der Waals surface area contributed by atoms with E-state index in [2.05, 4.69) is 36.6 Å². The van der Waals surface area contributed by atoms with Gasteiger partial charge in [0.15, 0.2) is 0 Å². The van der Waals surface area contributed by atoms with Gasteiger partial charge in [0.05, 0.1) is 7.57 Å². The molecular formula is C10H7Br2NO2S2. The molecule has 0 saturated carbocycles. The summed E-state index contributed by atoms with van der Waals surface area (Å²) in [7, 11) is -3.54. The minimum absolute atomic E-state index is 0.234. The molecule has 90 valence electrons. The van der Waals surface area contributed by atoms with Gasteiger partial charge in [0, 0.05) is 5.69 Å². The summed E-state index contributed by atoms with van der Waals surface area (Å²) in [4.78, 5) is 0.234. The third-order valence-corrected chi connectivity index (χ3v) is 6.08. The summed E-state index contributed by atoms with van der Waals surface area (Å²) in [5, 5.41) is 0. The molecule has 1 aromatic heterocycles. The van der Waals surface area contributed by atoms with Gasteiger partial charge in [-0.2, -0.15) is 0 Å². The maximum atomic E-state index is 12.1. The molecule has 0 aliphatic carbocycles. The van der Waals surface area contributed by atoms with Gasteiger partial charge in [-0.1, -0.05) is 18.2 Å². The van der Waals surface area contributed by atoms with E-state index in [0.29, 0.717) is 9.47 Å². The van der Waals surface area contributed by atoms with E-state index >= 15 is 0 Å². The largest absolute Gasteiger partial charge is 0.280 e. The lowest BCUT2D eigenvalue weighted by molar-refractivity contribution is 0.601. The average Bonchev–Trinajstić information content (AvgIpc) is 2.59. The van der Waals surface area contributed by atoms with Gasteiger partial charge in [0.1, 0.15) is 4.90 Å². The van der Waals surface area contributed by atoms with Crippen LogP contribution in [-0.4, -0.2) is 8.42 Å². The minimum Gasteiger partial charge on any atom is -0.280 e. The number of hydrogen-bond donors (Lipinski definition) is 1. The van der Waals surface area contributed by atoms with E-state index in [9.17, 15) is 8.42 Å². The van der Waals surface area contributed by atoms with Gasteiger partial charge >= 0.3 is 0 Å². The van der Waals surface area contributed by atoms with Crippen LogP contribution >= 0.6 is 43.2 Å². The van der Waals surface area contributed by atoms with Crippen molar-refractivity contribution >= 4 is 58.9 Å². The third-order valence-electron chi connectivity index (χ3n) is 1.94. The highest BCUT2D eigenvalue weighted by atomic mass is 79.9. The Morgan fingerprint density at radius 3 is 2.29 bits per heavy atom. The van der Waals surface area contributed by atoms with E-state index in [-0.39, 0.29) is 4.90 Å². The molecular weight excluding hydrogens is 390 g/mol. The Labute approximate surface area is 120 Å². The maximum absolute atomic E-state index is 12.1. The molecule has 0 amide bonds. The first-order valence-electron chi connectivity index (χ1n) is 4.52. The number of thiophene rings is 1. The Hall–Kier alpha value is -0.370. The van der Waals surface area contributed by atoms with Crippen molar-refractivity contribution in [3.05, 3.63) is 44.0 Å². The van der Waals surface area contributed by atoms with Crippen LogP contribution in [0.5, 0.6) is 0 Å². The molecule has 2 rings (SSSR count). The molecule has 0 aliphatic rings. The lowest BCUT2D eigenvalue weighted by Gasteiger charge is -2.06. The predicted octanol–water partition coefficient (Wildman–Crippen LogP) is 4.07. The van der Waals surface area contributed by atoms with Crippen LogP contribution in [0.2, 0.25) is 0 Å². The number of rotatable bonds is 3. The topological polar surface area (TPSA) is 46.2 Å². The highest BCUT2D eigenvalue weighted by Gasteiger charge is 2.20. The fourth-order valence-electron chi connectivity index (χ4n) is 1.22. The number of benzene rings is 1. The van der Waals surface area contributed by atoms with Gasteiger partial charge < -0.3 is 0 Å². The SMILES string of the molecule is O=S(=O)(Nc1ccccc1)c1cc(Br)sc1Br. The summed E-state index contributed by atoms with van der Waals surface area (Å²) in [5.41, 5.74) is 0.543. The number of para-hydroxylation sites is 1. The lowest BCUT2D eigenvalue weighted by atomic mass is 10.3. The van der Waals surface area contributed by atoms with Crippen molar-refractivity contribution in [2.24, 2.45) is 0 Å². The number of halogens is 2. The molecule has 0 saturated heterocycles. The van der Waals surface area contributed by atoms with Crippen LogP contribution in [0.4, 0.5) is 5.69 Å². The molecule has 17 heavy (non-hydrogen) atoms. The Morgan fingerprint density at radius 2 is 1.76 bits per heavy atom. The molecule has 1 aromatic carbocycles. The van der Waals surface area contributed by atoms with Crippen molar-refractivity contribution < 1.29 is 8.42 Å². The van der Waals surface area contributed by atoms with Gasteiger partial charge in [-0.05, 0) is 50.1 Å². The van der Waals surface area contributed by atoms with Crippen LogP contribution in [0.1, 0.15) is 0 Å². The Bertz CT molecular complexity index is 623. The molecule has 2 aromatic rings. The molecule has 0 fully saturated rings. The van der Waals surface area contributed by atoms with Gasteiger partial charge in [-0.15, -0.1) is 11.3 Å². The molecule has 7 heteroatoms.